The van der Waals surface area contributed by atoms with Gasteiger partial charge in [-0.05, 0) is 56.2 Å². The summed E-state index contributed by atoms with van der Waals surface area (Å²) in [7, 11) is 0. The molecule has 0 radical (unpaired) electrons. The largest absolute Gasteiger partial charge is 0.315 e. The van der Waals surface area contributed by atoms with Crippen molar-refractivity contribution in [1.29, 1.82) is 0 Å². The lowest BCUT2D eigenvalue weighted by molar-refractivity contribution is -0.947. The van der Waals surface area contributed by atoms with Crippen LogP contribution >= 0.6 is 0 Å². The molecule has 0 N–H and O–H groups in total. The van der Waals surface area contributed by atoms with Gasteiger partial charge >= 0.3 is 0 Å². The Balaban J connectivity index is 2.23. The molecular weight excluding hydrogens is 282 g/mol. The number of likely N-dealkylation sites (tertiary alicyclic amines) is 1. The topological polar surface area (TPSA) is 17.1 Å². The van der Waals surface area contributed by atoms with E-state index in [2.05, 4.69) is 45.9 Å². The maximum Gasteiger partial charge on any atom is 0.194 e. The highest BCUT2D eigenvalue weighted by Gasteiger charge is 2.40. The van der Waals surface area contributed by atoms with Crippen LogP contribution < -0.4 is 0 Å². The van der Waals surface area contributed by atoms with E-state index >= 15 is 0 Å². The fourth-order valence-electron chi connectivity index (χ4n) is 4.62. The van der Waals surface area contributed by atoms with Crippen molar-refractivity contribution in [2.24, 2.45) is 0 Å². The molecule has 128 valence electrons. The zero-order valence-corrected chi connectivity index (χ0v) is 15.5. The van der Waals surface area contributed by atoms with Gasteiger partial charge in [0, 0.05) is 12.8 Å². The van der Waals surface area contributed by atoms with Gasteiger partial charge in [-0.2, -0.15) is 0 Å². The summed E-state index contributed by atoms with van der Waals surface area (Å²) in [5.41, 5.74) is 3.77. The molecule has 1 fully saturated rings. The Bertz CT molecular complexity index is 503. The normalized spacial score (nSPS) is 18.6. The Morgan fingerprint density at radius 3 is 2.22 bits per heavy atom. The molecule has 2 nitrogen and oxygen atoms in total. The van der Waals surface area contributed by atoms with E-state index in [1.54, 1.807) is 0 Å². The molecule has 0 bridgehead atoms. The smallest absolute Gasteiger partial charge is 0.194 e. The molecule has 1 aromatic carbocycles. The number of carbonyl (C=O) groups is 1. The quantitative estimate of drug-likeness (QED) is 0.672. The van der Waals surface area contributed by atoms with Gasteiger partial charge in [-0.3, -0.25) is 4.79 Å². The van der Waals surface area contributed by atoms with Crippen LogP contribution in [0.4, 0.5) is 0 Å². The monoisotopic (exact) mass is 316 g/mol. The molecule has 0 saturated carbocycles. The van der Waals surface area contributed by atoms with Crippen molar-refractivity contribution in [3.8, 4) is 0 Å². The van der Waals surface area contributed by atoms with Gasteiger partial charge in [-0.25, -0.2) is 0 Å². The first-order chi connectivity index (χ1) is 11.0. The maximum absolute atomic E-state index is 13.2. The van der Waals surface area contributed by atoms with Crippen LogP contribution in [0.3, 0.4) is 0 Å². The summed E-state index contributed by atoms with van der Waals surface area (Å²) in [5.74, 6) is 0.459. The van der Waals surface area contributed by atoms with E-state index in [1.807, 2.05) is 0 Å². The second-order valence-electron chi connectivity index (χ2n) is 7.39. The van der Waals surface area contributed by atoms with Gasteiger partial charge in [0.25, 0.3) is 0 Å². The van der Waals surface area contributed by atoms with Gasteiger partial charge in [0.1, 0.15) is 6.04 Å². The van der Waals surface area contributed by atoms with Crippen LogP contribution in [-0.2, 0) is 11.2 Å². The number of hydrogen-bond donors (Lipinski definition) is 0. The fourth-order valence-corrected chi connectivity index (χ4v) is 4.62. The number of ketones is 1. The molecule has 1 saturated heterocycles. The summed E-state index contributed by atoms with van der Waals surface area (Å²) < 4.78 is 1.05. The fraction of sp³-hybridized carbons (Fsp3) is 0.667. The average molecular weight is 317 g/mol. The molecule has 1 aliphatic rings. The van der Waals surface area contributed by atoms with Gasteiger partial charge in [-0.1, -0.05) is 32.0 Å². The Hall–Kier alpha value is -1.15. The van der Waals surface area contributed by atoms with Crippen LogP contribution in [-0.4, -0.2) is 35.9 Å². The van der Waals surface area contributed by atoms with Gasteiger partial charge < -0.3 is 4.48 Å². The van der Waals surface area contributed by atoms with Gasteiger partial charge in [0.05, 0.1) is 19.6 Å². The SMILES string of the molecule is CCC[N+]1(C(CC)C(=O)Cc2c(C)cccc2C)CCCCC1. The lowest BCUT2D eigenvalue weighted by atomic mass is 9.91. The van der Waals surface area contributed by atoms with E-state index in [9.17, 15) is 4.79 Å². The number of aryl methyl sites for hydroxylation is 2. The molecule has 23 heavy (non-hydrogen) atoms. The minimum atomic E-state index is 0.189. The van der Waals surface area contributed by atoms with Crippen molar-refractivity contribution in [1.82, 2.24) is 0 Å². The molecular formula is C21H34NO+. The van der Waals surface area contributed by atoms with Crippen LogP contribution in [0.1, 0.15) is 62.6 Å². The predicted octanol–water partition coefficient (Wildman–Crippen LogP) is 4.60. The zero-order chi connectivity index (χ0) is 16.9. The lowest BCUT2D eigenvalue weighted by Crippen LogP contribution is -2.61. The summed E-state index contributed by atoms with van der Waals surface area (Å²) in [6, 6.07) is 6.54. The number of carbonyl (C=O) groups excluding carboxylic acids is 1. The molecule has 1 aromatic rings. The Labute approximate surface area is 142 Å². The van der Waals surface area contributed by atoms with E-state index in [1.165, 1.54) is 55.5 Å². The van der Waals surface area contributed by atoms with Crippen LogP contribution in [0.2, 0.25) is 0 Å². The first-order valence-electron chi connectivity index (χ1n) is 9.47. The highest BCUT2D eigenvalue weighted by atomic mass is 16.1. The van der Waals surface area contributed by atoms with Crippen LogP contribution in [0.5, 0.6) is 0 Å². The summed E-state index contributed by atoms with van der Waals surface area (Å²) in [4.78, 5) is 13.2. The standard InChI is InChI=1S/C21H34NO/c1-5-13-22(14-8-7-9-15-22)20(6-2)21(23)16-19-17(3)11-10-12-18(19)4/h10-12,20H,5-9,13-16H2,1-4H3/q+1. The number of quaternary nitrogens is 1. The highest BCUT2D eigenvalue weighted by molar-refractivity contribution is 5.85. The summed E-state index contributed by atoms with van der Waals surface area (Å²) in [6.07, 6.45) is 6.67. The Kier molecular flexibility index (Phi) is 6.41. The van der Waals surface area contributed by atoms with Crippen molar-refractivity contribution in [2.75, 3.05) is 19.6 Å². The zero-order valence-electron chi connectivity index (χ0n) is 15.5. The molecule has 0 spiro atoms. The van der Waals surface area contributed by atoms with E-state index in [0.717, 1.165) is 17.4 Å². The third-order valence-electron chi connectivity index (χ3n) is 5.79. The summed E-state index contributed by atoms with van der Waals surface area (Å²) in [5, 5.41) is 0. The minimum Gasteiger partial charge on any atom is -0.315 e. The third kappa shape index (κ3) is 4.03. The van der Waals surface area contributed by atoms with Crippen molar-refractivity contribution >= 4 is 5.78 Å². The van der Waals surface area contributed by atoms with Crippen molar-refractivity contribution < 1.29 is 9.28 Å². The molecule has 1 heterocycles. The molecule has 0 aliphatic carbocycles. The van der Waals surface area contributed by atoms with Crippen molar-refractivity contribution in [2.45, 2.75) is 72.3 Å². The Morgan fingerprint density at radius 2 is 1.70 bits per heavy atom. The first-order valence-corrected chi connectivity index (χ1v) is 9.47. The molecule has 1 aliphatic heterocycles. The van der Waals surface area contributed by atoms with Crippen molar-refractivity contribution in [3.05, 3.63) is 34.9 Å². The summed E-state index contributed by atoms with van der Waals surface area (Å²) >= 11 is 0. The number of nitrogens with zero attached hydrogens (tertiary/aromatic N) is 1. The minimum absolute atomic E-state index is 0.189. The average Bonchev–Trinajstić information content (AvgIpc) is 2.53. The number of hydrogen-bond acceptors (Lipinski definition) is 1. The highest BCUT2D eigenvalue weighted by Crippen LogP contribution is 2.27. The predicted molar refractivity (Wildman–Crippen MR) is 97.7 cm³/mol. The third-order valence-corrected chi connectivity index (χ3v) is 5.79. The van der Waals surface area contributed by atoms with E-state index < -0.39 is 0 Å². The number of piperidine rings is 1. The molecule has 0 amide bonds. The van der Waals surface area contributed by atoms with Gasteiger partial charge in [0.2, 0.25) is 0 Å². The Morgan fingerprint density at radius 1 is 1.09 bits per heavy atom. The number of rotatable bonds is 7. The second-order valence-corrected chi connectivity index (χ2v) is 7.39. The second kappa shape index (κ2) is 8.10. The molecule has 0 aromatic heterocycles. The maximum atomic E-state index is 13.2. The van der Waals surface area contributed by atoms with E-state index in [-0.39, 0.29) is 6.04 Å². The van der Waals surface area contributed by atoms with Gasteiger partial charge in [-0.15, -0.1) is 0 Å². The number of benzene rings is 1. The van der Waals surface area contributed by atoms with Crippen LogP contribution in [0.25, 0.3) is 0 Å². The van der Waals surface area contributed by atoms with Gasteiger partial charge in [0.15, 0.2) is 5.78 Å². The molecule has 2 rings (SSSR count). The molecule has 2 heteroatoms. The van der Waals surface area contributed by atoms with E-state index in [4.69, 9.17) is 0 Å². The first kappa shape index (κ1) is 18.2. The number of Topliss-reactive ketones (excluding diaryl/α,β-unsaturated/α-hetero) is 1. The summed E-state index contributed by atoms with van der Waals surface area (Å²) in [6.45, 7) is 12.3. The van der Waals surface area contributed by atoms with Crippen LogP contribution in [0.15, 0.2) is 18.2 Å². The van der Waals surface area contributed by atoms with Crippen molar-refractivity contribution in [3.63, 3.8) is 0 Å². The molecule has 1 atom stereocenters. The van der Waals surface area contributed by atoms with E-state index in [0.29, 0.717) is 12.2 Å². The van der Waals surface area contributed by atoms with Crippen LogP contribution in [0, 0.1) is 13.8 Å². The lowest BCUT2D eigenvalue weighted by Gasteiger charge is -2.46. The molecule has 1 unspecified atom stereocenters.